The van der Waals surface area contributed by atoms with Gasteiger partial charge in [0, 0.05) is 29.7 Å². The van der Waals surface area contributed by atoms with Crippen molar-refractivity contribution in [1.82, 2.24) is 4.72 Å². The van der Waals surface area contributed by atoms with Crippen molar-refractivity contribution in [3.63, 3.8) is 0 Å². The lowest BCUT2D eigenvalue weighted by molar-refractivity contribution is 0.361. The van der Waals surface area contributed by atoms with E-state index >= 15 is 0 Å². The van der Waals surface area contributed by atoms with Gasteiger partial charge in [-0.2, -0.15) is 0 Å². The highest BCUT2D eigenvalue weighted by atomic mass is 32.2. The van der Waals surface area contributed by atoms with E-state index in [2.05, 4.69) is 11.3 Å². The van der Waals surface area contributed by atoms with Gasteiger partial charge >= 0.3 is 0 Å². The van der Waals surface area contributed by atoms with Crippen LogP contribution in [0.4, 0.5) is 0 Å². The number of benzene rings is 3. The molecular formula is C27H31NO5S. The number of ether oxygens (including phenoxy) is 3. The fourth-order valence-electron chi connectivity index (χ4n) is 4.02. The molecule has 180 valence electrons. The van der Waals surface area contributed by atoms with Crippen molar-refractivity contribution < 1.29 is 22.6 Å². The molecule has 6 nitrogen and oxygen atoms in total. The quantitative estimate of drug-likeness (QED) is 0.387. The predicted molar refractivity (Wildman–Crippen MR) is 134 cm³/mol. The van der Waals surface area contributed by atoms with E-state index in [1.807, 2.05) is 37.3 Å². The molecule has 3 aromatic rings. The number of hydrogen-bond acceptors (Lipinski definition) is 5. The molecule has 0 aliphatic heterocycles. The van der Waals surface area contributed by atoms with Crippen LogP contribution in [0.25, 0.3) is 0 Å². The van der Waals surface area contributed by atoms with Gasteiger partial charge in [-0.05, 0) is 31.0 Å². The van der Waals surface area contributed by atoms with Crippen molar-refractivity contribution in [3.05, 3.63) is 96.1 Å². The smallest absolute Gasteiger partial charge is 0.240 e. The Balaban J connectivity index is 2.20. The molecule has 0 aromatic heterocycles. The highest BCUT2D eigenvalue weighted by Gasteiger charge is 2.33. The topological polar surface area (TPSA) is 73.9 Å². The van der Waals surface area contributed by atoms with Crippen LogP contribution in [0.5, 0.6) is 17.2 Å². The number of hydrogen-bond donors (Lipinski definition) is 1. The van der Waals surface area contributed by atoms with Crippen LogP contribution in [0, 0.1) is 6.92 Å². The normalized spacial score (nSPS) is 13.1. The molecule has 0 spiro atoms. The van der Waals surface area contributed by atoms with Crippen LogP contribution in [0.15, 0.2) is 84.3 Å². The van der Waals surface area contributed by atoms with Crippen LogP contribution in [0.1, 0.15) is 29.0 Å². The van der Waals surface area contributed by atoms with Crippen molar-refractivity contribution >= 4 is 10.0 Å². The first-order chi connectivity index (χ1) is 16.3. The highest BCUT2D eigenvalue weighted by molar-refractivity contribution is 7.89. The largest absolute Gasteiger partial charge is 0.496 e. The van der Waals surface area contributed by atoms with Crippen molar-refractivity contribution in [3.8, 4) is 17.2 Å². The summed E-state index contributed by atoms with van der Waals surface area (Å²) in [5.41, 5.74) is 2.61. The van der Waals surface area contributed by atoms with Crippen LogP contribution in [-0.2, 0) is 10.0 Å². The fraction of sp³-hybridized carbons (Fsp3) is 0.259. The maximum atomic E-state index is 13.4. The lowest BCUT2D eigenvalue weighted by atomic mass is 9.83. The minimum atomic E-state index is -3.82. The number of methoxy groups -OCH3 is 3. The molecule has 0 aliphatic rings. The molecule has 0 bridgehead atoms. The van der Waals surface area contributed by atoms with Crippen molar-refractivity contribution in [2.45, 2.75) is 30.2 Å². The molecular weight excluding hydrogens is 450 g/mol. The Hall–Kier alpha value is -3.29. The first-order valence-electron chi connectivity index (χ1n) is 10.9. The molecule has 0 heterocycles. The lowest BCUT2D eigenvalue weighted by Gasteiger charge is -2.30. The molecule has 0 saturated carbocycles. The number of sulfonamides is 1. The van der Waals surface area contributed by atoms with E-state index in [0.29, 0.717) is 23.7 Å². The van der Waals surface area contributed by atoms with Gasteiger partial charge in [-0.1, -0.05) is 54.1 Å². The van der Waals surface area contributed by atoms with Gasteiger partial charge in [0.2, 0.25) is 10.0 Å². The van der Waals surface area contributed by atoms with E-state index in [1.165, 1.54) is 0 Å². The Labute approximate surface area is 202 Å². The minimum absolute atomic E-state index is 0.202. The minimum Gasteiger partial charge on any atom is -0.496 e. The van der Waals surface area contributed by atoms with Crippen molar-refractivity contribution in [1.29, 1.82) is 0 Å². The van der Waals surface area contributed by atoms with Crippen LogP contribution >= 0.6 is 0 Å². The van der Waals surface area contributed by atoms with Gasteiger partial charge in [-0.25, -0.2) is 13.1 Å². The van der Waals surface area contributed by atoms with Gasteiger partial charge in [0.05, 0.1) is 26.2 Å². The van der Waals surface area contributed by atoms with Gasteiger partial charge in [0.15, 0.2) is 0 Å². The third kappa shape index (κ3) is 5.61. The first kappa shape index (κ1) is 25.3. The van der Waals surface area contributed by atoms with Crippen molar-refractivity contribution in [2.75, 3.05) is 21.3 Å². The van der Waals surface area contributed by atoms with E-state index in [0.717, 1.165) is 16.7 Å². The Morgan fingerprint density at radius 3 is 2.00 bits per heavy atom. The second-order valence-corrected chi connectivity index (χ2v) is 9.61. The van der Waals surface area contributed by atoms with Crippen LogP contribution in [0.3, 0.4) is 0 Å². The summed E-state index contributed by atoms with van der Waals surface area (Å²) >= 11 is 0. The third-order valence-corrected chi connectivity index (χ3v) is 7.19. The Morgan fingerprint density at radius 1 is 0.912 bits per heavy atom. The molecule has 7 heteroatoms. The summed E-state index contributed by atoms with van der Waals surface area (Å²) < 4.78 is 46.5. The van der Waals surface area contributed by atoms with Crippen LogP contribution in [-0.4, -0.2) is 35.8 Å². The van der Waals surface area contributed by atoms with E-state index in [4.69, 9.17) is 14.2 Å². The Morgan fingerprint density at radius 2 is 1.50 bits per heavy atom. The Kier molecular flexibility index (Phi) is 8.36. The first-order valence-corrected chi connectivity index (χ1v) is 12.4. The van der Waals surface area contributed by atoms with Gasteiger partial charge in [0.1, 0.15) is 17.2 Å². The summed E-state index contributed by atoms with van der Waals surface area (Å²) in [4.78, 5) is 0.202. The standard InChI is InChI=1S/C27H31NO5S/c1-6-10-23(28-34(29,30)22-15-13-19(2)14-16-22)26(20-11-8-7-9-12-20)27-24(32-4)17-21(31-3)18-25(27)33-5/h6-9,11-18,23,26,28H,1,10H2,2-5H3/t23-,26+/m0/s1. The number of nitrogens with one attached hydrogen (secondary N) is 1. The average molecular weight is 482 g/mol. The zero-order valence-electron chi connectivity index (χ0n) is 19.9. The van der Waals surface area contributed by atoms with Gasteiger partial charge in [0.25, 0.3) is 0 Å². The summed E-state index contributed by atoms with van der Waals surface area (Å²) in [7, 11) is 0.889. The third-order valence-electron chi connectivity index (χ3n) is 5.68. The maximum absolute atomic E-state index is 13.4. The van der Waals surface area contributed by atoms with Gasteiger partial charge in [-0.3, -0.25) is 0 Å². The molecule has 3 rings (SSSR count). The summed E-state index contributed by atoms with van der Waals surface area (Å²) in [6, 6.07) is 19.4. The van der Waals surface area contributed by atoms with Gasteiger partial charge in [-0.15, -0.1) is 6.58 Å². The van der Waals surface area contributed by atoms with Crippen molar-refractivity contribution in [2.24, 2.45) is 0 Å². The summed E-state index contributed by atoms with van der Waals surface area (Å²) in [5, 5.41) is 0. The molecule has 0 radical (unpaired) electrons. The average Bonchev–Trinajstić information content (AvgIpc) is 2.85. The Bertz CT molecular complexity index is 1180. The van der Waals surface area contributed by atoms with Gasteiger partial charge < -0.3 is 14.2 Å². The molecule has 1 N–H and O–H groups in total. The molecule has 0 saturated heterocycles. The second kappa shape index (κ2) is 11.2. The zero-order valence-corrected chi connectivity index (χ0v) is 20.8. The molecule has 34 heavy (non-hydrogen) atoms. The van der Waals surface area contributed by atoms with E-state index < -0.39 is 22.0 Å². The number of aryl methyl sites for hydroxylation is 1. The lowest BCUT2D eigenvalue weighted by Crippen LogP contribution is -2.39. The van der Waals surface area contributed by atoms with Crippen LogP contribution < -0.4 is 18.9 Å². The molecule has 0 fully saturated rings. The van der Waals surface area contributed by atoms with E-state index in [-0.39, 0.29) is 4.90 Å². The summed E-state index contributed by atoms with van der Waals surface area (Å²) in [6.07, 6.45) is 2.09. The molecule has 0 amide bonds. The van der Waals surface area contributed by atoms with Crippen LogP contribution in [0.2, 0.25) is 0 Å². The summed E-state index contributed by atoms with van der Waals surface area (Å²) in [6.45, 7) is 5.79. The maximum Gasteiger partial charge on any atom is 0.240 e. The molecule has 0 unspecified atom stereocenters. The predicted octanol–water partition coefficient (Wildman–Crippen LogP) is 5.08. The summed E-state index contributed by atoms with van der Waals surface area (Å²) in [5.74, 6) is 1.21. The SMILES string of the molecule is C=CC[C@H](NS(=O)(=O)c1ccc(C)cc1)[C@@H](c1ccccc1)c1c(OC)cc(OC)cc1OC. The number of rotatable bonds is 11. The molecule has 2 atom stereocenters. The molecule has 0 aliphatic carbocycles. The molecule has 3 aromatic carbocycles. The second-order valence-electron chi connectivity index (χ2n) is 7.90. The highest BCUT2D eigenvalue weighted by Crippen LogP contribution is 2.44. The fourth-order valence-corrected chi connectivity index (χ4v) is 5.28. The van der Waals surface area contributed by atoms with E-state index in [9.17, 15) is 8.42 Å². The zero-order chi connectivity index (χ0) is 24.7. The van der Waals surface area contributed by atoms with E-state index in [1.54, 1.807) is 63.8 Å². The monoisotopic (exact) mass is 481 g/mol.